The molecule has 0 spiro atoms. The molecular formula is C12H20N2O4. The van der Waals surface area contributed by atoms with Crippen LogP contribution in [0.4, 0.5) is 4.79 Å². The lowest BCUT2D eigenvalue weighted by molar-refractivity contribution is -0.137. The maximum absolute atomic E-state index is 11.8. The summed E-state index contributed by atoms with van der Waals surface area (Å²) in [7, 11) is 0. The summed E-state index contributed by atoms with van der Waals surface area (Å²) in [4.78, 5) is 23.6. The van der Waals surface area contributed by atoms with Crippen molar-refractivity contribution in [1.29, 1.82) is 0 Å². The van der Waals surface area contributed by atoms with Gasteiger partial charge in [-0.05, 0) is 18.8 Å². The Bertz CT molecular complexity index is 300. The molecule has 1 atom stereocenters. The highest BCUT2D eigenvalue weighted by molar-refractivity contribution is 5.80. The molecule has 1 heterocycles. The number of hydrogen-bond acceptors (Lipinski definition) is 3. The Morgan fingerprint density at radius 3 is 2.89 bits per heavy atom. The SMILES string of the molecule is C=CCN(CC(=O)O)C(=O)NCC1CCCOC1. The number of nitrogens with zero attached hydrogens (tertiary/aromatic N) is 1. The molecule has 0 aromatic rings. The van der Waals surface area contributed by atoms with Crippen molar-refractivity contribution in [2.24, 2.45) is 5.92 Å². The molecule has 2 amide bonds. The number of carboxylic acids is 1. The Hall–Kier alpha value is -1.56. The van der Waals surface area contributed by atoms with Crippen molar-refractivity contribution in [3.63, 3.8) is 0 Å². The van der Waals surface area contributed by atoms with Gasteiger partial charge in [0.05, 0.1) is 6.61 Å². The van der Waals surface area contributed by atoms with Crippen LogP contribution in [0.15, 0.2) is 12.7 Å². The van der Waals surface area contributed by atoms with Gasteiger partial charge in [-0.3, -0.25) is 4.79 Å². The van der Waals surface area contributed by atoms with Crippen LogP contribution in [0, 0.1) is 5.92 Å². The van der Waals surface area contributed by atoms with Gasteiger partial charge >= 0.3 is 12.0 Å². The molecule has 102 valence electrons. The molecule has 18 heavy (non-hydrogen) atoms. The predicted molar refractivity (Wildman–Crippen MR) is 66.3 cm³/mol. The van der Waals surface area contributed by atoms with E-state index in [2.05, 4.69) is 11.9 Å². The third-order valence-corrected chi connectivity index (χ3v) is 2.76. The van der Waals surface area contributed by atoms with E-state index in [9.17, 15) is 9.59 Å². The van der Waals surface area contributed by atoms with Crippen LogP contribution in [0.5, 0.6) is 0 Å². The van der Waals surface area contributed by atoms with Crippen LogP contribution < -0.4 is 5.32 Å². The lowest BCUT2D eigenvalue weighted by atomic mass is 10.0. The second kappa shape index (κ2) is 7.71. The second-order valence-electron chi connectivity index (χ2n) is 4.33. The average Bonchev–Trinajstić information content (AvgIpc) is 2.36. The number of urea groups is 1. The van der Waals surface area contributed by atoms with Crippen LogP contribution in [0.3, 0.4) is 0 Å². The van der Waals surface area contributed by atoms with E-state index in [0.29, 0.717) is 19.1 Å². The summed E-state index contributed by atoms with van der Waals surface area (Å²) in [5, 5.41) is 11.4. The molecule has 6 heteroatoms. The zero-order chi connectivity index (χ0) is 13.4. The molecular weight excluding hydrogens is 236 g/mol. The fourth-order valence-electron chi connectivity index (χ4n) is 1.85. The van der Waals surface area contributed by atoms with E-state index in [0.717, 1.165) is 19.4 Å². The summed E-state index contributed by atoms with van der Waals surface area (Å²) in [6.45, 7) is 5.36. The largest absolute Gasteiger partial charge is 0.480 e. The van der Waals surface area contributed by atoms with Crippen molar-refractivity contribution in [2.45, 2.75) is 12.8 Å². The van der Waals surface area contributed by atoms with Gasteiger partial charge in [-0.2, -0.15) is 0 Å². The quantitative estimate of drug-likeness (QED) is 0.685. The van der Waals surface area contributed by atoms with E-state index in [4.69, 9.17) is 9.84 Å². The molecule has 0 aliphatic carbocycles. The zero-order valence-corrected chi connectivity index (χ0v) is 10.4. The summed E-state index contributed by atoms with van der Waals surface area (Å²) >= 11 is 0. The third kappa shape index (κ3) is 5.18. The highest BCUT2D eigenvalue weighted by Gasteiger charge is 2.18. The van der Waals surface area contributed by atoms with Gasteiger partial charge < -0.3 is 20.1 Å². The number of nitrogens with one attached hydrogen (secondary N) is 1. The molecule has 1 fully saturated rings. The van der Waals surface area contributed by atoms with Gasteiger partial charge in [0.15, 0.2) is 0 Å². The lowest BCUT2D eigenvalue weighted by Crippen LogP contribution is -2.45. The van der Waals surface area contributed by atoms with E-state index in [1.807, 2.05) is 0 Å². The number of carboxylic acid groups (broad SMARTS) is 1. The van der Waals surface area contributed by atoms with Gasteiger partial charge in [0.2, 0.25) is 0 Å². The summed E-state index contributed by atoms with van der Waals surface area (Å²) in [5.74, 6) is -0.717. The fraction of sp³-hybridized carbons (Fsp3) is 0.667. The predicted octanol–water partition coefficient (Wildman–Crippen LogP) is 0.695. The van der Waals surface area contributed by atoms with Gasteiger partial charge in [0, 0.05) is 19.7 Å². The van der Waals surface area contributed by atoms with E-state index in [1.54, 1.807) is 0 Å². The topological polar surface area (TPSA) is 78.9 Å². The van der Waals surface area contributed by atoms with Crippen LogP contribution >= 0.6 is 0 Å². The molecule has 0 radical (unpaired) electrons. The Balaban J connectivity index is 2.35. The second-order valence-corrected chi connectivity index (χ2v) is 4.33. The molecule has 0 aromatic carbocycles. The van der Waals surface area contributed by atoms with E-state index in [-0.39, 0.29) is 19.1 Å². The minimum Gasteiger partial charge on any atom is -0.480 e. The first-order valence-electron chi connectivity index (χ1n) is 6.06. The fourth-order valence-corrected chi connectivity index (χ4v) is 1.85. The van der Waals surface area contributed by atoms with Crippen molar-refractivity contribution in [3.05, 3.63) is 12.7 Å². The van der Waals surface area contributed by atoms with Crippen LogP contribution in [0.2, 0.25) is 0 Å². The molecule has 1 aliphatic heterocycles. The first kappa shape index (κ1) is 14.5. The molecule has 6 nitrogen and oxygen atoms in total. The van der Waals surface area contributed by atoms with Crippen molar-refractivity contribution >= 4 is 12.0 Å². The van der Waals surface area contributed by atoms with Crippen LogP contribution in [-0.2, 0) is 9.53 Å². The van der Waals surface area contributed by atoms with Crippen molar-refractivity contribution in [2.75, 3.05) is 32.8 Å². The van der Waals surface area contributed by atoms with Gasteiger partial charge in [-0.1, -0.05) is 6.08 Å². The Labute approximate surface area is 107 Å². The Morgan fingerprint density at radius 2 is 2.33 bits per heavy atom. The molecule has 1 rings (SSSR count). The minimum absolute atomic E-state index is 0.222. The highest BCUT2D eigenvalue weighted by Crippen LogP contribution is 2.12. The molecule has 1 saturated heterocycles. The maximum Gasteiger partial charge on any atom is 0.323 e. The Morgan fingerprint density at radius 1 is 1.56 bits per heavy atom. The third-order valence-electron chi connectivity index (χ3n) is 2.76. The smallest absolute Gasteiger partial charge is 0.323 e. The molecule has 1 aliphatic rings. The standard InChI is InChI=1S/C12H20N2O4/c1-2-5-14(8-11(15)16)12(17)13-7-10-4-3-6-18-9-10/h2,10H,1,3-9H2,(H,13,17)(H,15,16). The number of ether oxygens (including phenoxy) is 1. The van der Waals surface area contributed by atoms with Crippen molar-refractivity contribution < 1.29 is 19.4 Å². The first-order chi connectivity index (χ1) is 8.63. The van der Waals surface area contributed by atoms with Crippen molar-refractivity contribution in [3.8, 4) is 0 Å². The summed E-state index contributed by atoms with van der Waals surface area (Å²) < 4.78 is 5.31. The normalized spacial score (nSPS) is 19.0. The molecule has 0 bridgehead atoms. The van der Waals surface area contributed by atoms with Crippen LogP contribution in [0.25, 0.3) is 0 Å². The van der Waals surface area contributed by atoms with E-state index >= 15 is 0 Å². The average molecular weight is 256 g/mol. The number of carbonyl (C=O) groups is 2. The number of amides is 2. The number of hydrogen-bond donors (Lipinski definition) is 2. The maximum atomic E-state index is 11.8. The summed E-state index contributed by atoms with van der Waals surface area (Å²) in [5.41, 5.74) is 0. The van der Waals surface area contributed by atoms with Gasteiger partial charge in [-0.15, -0.1) is 6.58 Å². The van der Waals surface area contributed by atoms with Gasteiger partial charge in [0.1, 0.15) is 6.54 Å². The van der Waals surface area contributed by atoms with E-state index in [1.165, 1.54) is 11.0 Å². The lowest BCUT2D eigenvalue weighted by Gasteiger charge is -2.24. The Kier molecular flexibility index (Phi) is 6.21. The van der Waals surface area contributed by atoms with Crippen LogP contribution in [0.1, 0.15) is 12.8 Å². The van der Waals surface area contributed by atoms with Gasteiger partial charge in [0.25, 0.3) is 0 Å². The zero-order valence-electron chi connectivity index (χ0n) is 10.4. The first-order valence-corrected chi connectivity index (χ1v) is 6.06. The van der Waals surface area contributed by atoms with E-state index < -0.39 is 5.97 Å². The summed E-state index contributed by atoms with van der Waals surface area (Å²) in [6, 6.07) is -0.372. The summed E-state index contributed by atoms with van der Waals surface area (Å²) in [6.07, 6.45) is 3.54. The van der Waals surface area contributed by atoms with Crippen LogP contribution in [-0.4, -0.2) is 54.9 Å². The molecule has 2 N–H and O–H groups in total. The highest BCUT2D eigenvalue weighted by atomic mass is 16.5. The molecule has 0 aromatic heterocycles. The number of aliphatic carboxylic acids is 1. The van der Waals surface area contributed by atoms with Crippen molar-refractivity contribution in [1.82, 2.24) is 10.2 Å². The molecule has 1 unspecified atom stereocenters. The monoisotopic (exact) mass is 256 g/mol. The van der Waals surface area contributed by atoms with Gasteiger partial charge in [-0.25, -0.2) is 4.79 Å². The molecule has 0 saturated carbocycles. The minimum atomic E-state index is -1.03. The number of rotatable bonds is 6. The number of carbonyl (C=O) groups excluding carboxylic acids is 1.